The van der Waals surface area contributed by atoms with Gasteiger partial charge in [-0.1, -0.05) is 60.7 Å². The van der Waals surface area contributed by atoms with Crippen LogP contribution in [0.25, 0.3) is 0 Å². The van der Waals surface area contributed by atoms with Crippen LogP contribution in [0.4, 0.5) is 0 Å². The first-order chi connectivity index (χ1) is 16.1. The van der Waals surface area contributed by atoms with Crippen LogP contribution in [0.5, 0.6) is 5.75 Å². The van der Waals surface area contributed by atoms with E-state index in [0.717, 1.165) is 38.5 Å². The van der Waals surface area contributed by atoms with Gasteiger partial charge in [0.25, 0.3) is 0 Å². The highest BCUT2D eigenvalue weighted by Crippen LogP contribution is 2.36. The molecule has 3 aromatic carbocycles. The van der Waals surface area contributed by atoms with Crippen LogP contribution in [0.3, 0.4) is 0 Å². The molecule has 0 spiro atoms. The van der Waals surface area contributed by atoms with E-state index in [2.05, 4.69) is 95.7 Å². The van der Waals surface area contributed by atoms with E-state index in [9.17, 15) is 0 Å². The molecule has 2 aliphatic rings. The highest BCUT2D eigenvalue weighted by Gasteiger charge is 2.35. The van der Waals surface area contributed by atoms with Crippen molar-refractivity contribution in [3.63, 3.8) is 0 Å². The van der Waals surface area contributed by atoms with Crippen LogP contribution in [-0.2, 0) is 19.6 Å². The molecular weight excluding hydrogens is 442 g/mol. The van der Waals surface area contributed by atoms with Crippen molar-refractivity contribution >= 4 is 12.4 Å². The summed E-state index contributed by atoms with van der Waals surface area (Å²) in [7, 11) is 1.75. The zero-order valence-electron chi connectivity index (χ0n) is 20.4. The third-order valence-corrected chi connectivity index (χ3v) is 7.31. The monoisotopic (exact) mass is 477 g/mol. The average molecular weight is 478 g/mol. The van der Waals surface area contributed by atoms with Gasteiger partial charge in [-0.15, -0.1) is 12.4 Å². The molecule has 1 saturated heterocycles. The Bertz CT molecular complexity index is 1090. The maximum atomic E-state index is 5.60. The molecule has 3 aromatic rings. The van der Waals surface area contributed by atoms with Crippen LogP contribution >= 0.6 is 12.4 Å². The fraction of sp³-hybridized carbons (Fsp3) is 0.379. The van der Waals surface area contributed by atoms with Crippen molar-refractivity contribution in [1.29, 1.82) is 0 Å². The number of methoxy groups -OCH3 is 1. The summed E-state index contributed by atoms with van der Waals surface area (Å²) in [4.78, 5) is 5.33. The molecule has 5 rings (SSSR count). The van der Waals surface area contributed by atoms with Crippen LogP contribution in [0.2, 0.25) is 0 Å². The lowest BCUT2D eigenvalue weighted by Gasteiger charge is -2.48. The molecular formula is C29H36ClN3O. The molecule has 1 unspecified atom stereocenters. The van der Waals surface area contributed by atoms with Crippen LogP contribution in [0, 0.1) is 0 Å². The Morgan fingerprint density at radius 2 is 1.62 bits per heavy atom. The Balaban J connectivity index is 0.00000274. The van der Waals surface area contributed by atoms with Crippen molar-refractivity contribution in [2.75, 3.05) is 20.2 Å². The predicted octanol–water partition coefficient (Wildman–Crippen LogP) is 5.40. The molecule has 0 radical (unpaired) electrons. The minimum atomic E-state index is 0. The van der Waals surface area contributed by atoms with Crippen LogP contribution in [-0.4, -0.2) is 42.1 Å². The van der Waals surface area contributed by atoms with Crippen LogP contribution in [0.1, 0.15) is 47.7 Å². The summed E-state index contributed by atoms with van der Waals surface area (Å²) in [5.74, 6) is 0.920. The van der Waals surface area contributed by atoms with E-state index in [4.69, 9.17) is 4.74 Å². The van der Waals surface area contributed by atoms with E-state index in [1.54, 1.807) is 7.11 Å². The second-order valence-corrected chi connectivity index (χ2v) is 9.62. The lowest BCUT2D eigenvalue weighted by molar-refractivity contribution is 0.0195. The number of benzene rings is 3. The second-order valence-electron chi connectivity index (χ2n) is 9.62. The number of halogens is 1. The van der Waals surface area contributed by atoms with Gasteiger partial charge in [-0.05, 0) is 53.8 Å². The Hall–Kier alpha value is -2.37. The maximum Gasteiger partial charge on any atom is 0.119 e. The van der Waals surface area contributed by atoms with Gasteiger partial charge in [0, 0.05) is 44.8 Å². The summed E-state index contributed by atoms with van der Waals surface area (Å²) in [6.45, 7) is 9.79. The Morgan fingerprint density at radius 3 is 2.41 bits per heavy atom. The largest absolute Gasteiger partial charge is 0.497 e. The first-order valence-electron chi connectivity index (χ1n) is 12.1. The lowest BCUT2D eigenvalue weighted by atomic mass is 9.91. The predicted molar refractivity (Wildman–Crippen MR) is 142 cm³/mol. The molecule has 0 saturated carbocycles. The standard InChI is InChI=1S/C29H35N3O.ClH/c1-21-19-32(22(2)18-31(21)20-23-8-5-4-6-9-23)29(24-10-7-11-28(15-24)33-3)25-12-13-26-16-30-17-27(26)14-25;/h4-15,21-22,29-30H,16-20H2,1-3H3;1H/t21-,22-,29?;/m1./s1. The molecule has 0 aromatic heterocycles. The van der Waals surface area contributed by atoms with Crippen molar-refractivity contribution in [3.05, 3.63) is 101 Å². The second kappa shape index (κ2) is 10.9. The van der Waals surface area contributed by atoms with Crippen molar-refractivity contribution in [3.8, 4) is 5.75 Å². The smallest absolute Gasteiger partial charge is 0.119 e. The summed E-state index contributed by atoms with van der Waals surface area (Å²) in [5.41, 5.74) is 6.93. The number of rotatable bonds is 6. The van der Waals surface area contributed by atoms with Crippen molar-refractivity contribution < 1.29 is 4.74 Å². The van der Waals surface area contributed by atoms with Gasteiger partial charge >= 0.3 is 0 Å². The van der Waals surface area contributed by atoms with E-state index in [1.807, 2.05) is 6.07 Å². The zero-order chi connectivity index (χ0) is 22.8. The Morgan fingerprint density at radius 1 is 0.853 bits per heavy atom. The highest BCUT2D eigenvalue weighted by molar-refractivity contribution is 5.85. The molecule has 1 fully saturated rings. The fourth-order valence-corrected chi connectivity index (χ4v) is 5.49. The van der Waals surface area contributed by atoms with Crippen molar-refractivity contribution in [1.82, 2.24) is 15.1 Å². The Kier molecular flexibility index (Phi) is 7.95. The number of nitrogens with zero attached hydrogens (tertiary/aromatic N) is 2. The minimum absolute atomic E-state index is 0. The van der Waals surface area contributed by atoms with Crippen molar-refractivity contribution in [2.24, 2.45) is 0 Å². The summed E-state index contributed by atoms with van der Waals surface area (Å²) in [6.07, 6.45) is 0. The van der Waals surface area contributed by atoms with E-state index >= 15 is 0 Å². The third kappa shape index (κ3) is 5.16. The molecule has 0 amide bonds. The van der Waals surface area contributed by atoms with Gasteiger partial charge in [-0.2, -0.15) is 0 Å². The average Bonchev–Trinajstić information content (AvgIpc) is 3.31. The molecule has 180 valence electrons. The zero-order valence-corrected chi connectivity index (χ0v) is 21.2. The number of nitrogens with one attached hydrogen (secondary N) is 1. The number of hydrogen-bond acceptors (Lipinski definition) is 4. The van der Waals surface area contributed by atoms with E-state index in [1.165, 1.54) is 27.8 Å². The molecule has 1 N–H and O–H groups in total. The van der Waals surface area contributed by atoms with Gasteiger partial charge in [0.15, 0.2) is 0 Å². The summed E-state index contributed by atoms with van der Waals surface area (Å²) >= 11 is 0. The van der Waals surface area contributed by atoms with E-state index < -0.39 is 0 Å². The Labute approximate surface area is 210 Å². The summed E-state index contributed by atoms with van der Waals surface area (Å²) in [6, 6.07) is 27.7. The first kappa shape index (κ1) is 24.7. The number of ether oxygens (including phenoxy) is 1. The van der Waals surface area contributed by atoms with Gasteiger partial charge in [0.1, 0.15) is 5.75 Å². The SMILES string of the molecule is COc1cccc(C(c2ccc3c(c2)CNC3)N2C[C@@H](C)N(Cc3ccccc3)C[C@H]2C)c1.Cl. The number of fused-ring (bicyclic) bond motifs is 1. The van der Waals surface area contributed by atoms with Gasteiger partial charge in [-0.25, -0.2) is 0 Å². The van der Waals surface area contributed by atoms with Gasteiger partial charge in [0.2, 0.25) is 0 Å². The quantitative estimate of drug-likeness (QED) is 0.514. The molecule has 0 bridgehead atoms. The highest BCUT2D eigenvalue weighted by atomic mass is 35.5. The van der Waals surface area contributed by atoms with Gasteiger partial charge in [-0.3, -0.25) is 9.80 Å². The van der Waals surface area contributed by atoms with E-state index in [-0.39, 0.29) is 18.4 Å². The summed E-state index contributed by atoms with van der Waals surface area (Å²) in [5, 5.41) is 3.50. The van der Waals surface area contributed by atoms with Gasteiger partial charge in [0.05, 0.1) is 13.2 Å². The van der Waals surface area contributed by atoms with E-state index in [0.29, 0.717) is 12.1 Å². The maximum absolute atomic E-state index is 5.60. The third-order valence-electron chi connectivity index (χ3n) is 7.31. The normalized spacial score (nSPS) is 21.5. The topological polar surface area (TPSA) is 27.7 Å². The number of hydrogen-bond donors (Lipinski definition) is 1. The summed E-state index contributed by atoms with van der Waals surface area (Å²) < 4.78 is 5.60. The number of piperazine rings is 1. The molecule has 4 nitrogen and oxygen atoms in total. The molecule has 2 heterocycles. The lowest BCUT2D eigenvalue weighted by Crippen LogP contribution is -2.56. The van der Waals surface area contributed by atoms with Crippen LogP contribution in [0.15, 0.2) is 72.8 Å². The van der Waals surface area contributed by atoms with Crippen LogP contribution < -0.4 is 10.1 Å². The molecule has 0 aliphatic carbocycles. The van der Waals surface area contributed by atoms with Crippen molar-refractivity contribution in [2.45, 2.75) is 51.6 Å². The molecule has 34 heavy (non-hydrogen) atoms. The minimum Gasteiger partial charge on any atom is -0.497 e. The molecule has 3 atom stereocenters. The molecule has 5 heteroatoms. The fourth-order valence-electron chi connectivity index (χ4n) is 5.49. The van der Waals surface area contributed by atoms with Gasteiger partial charge < -0.3 is 10.1 Å². The molecule has 2 aliphatic heterocycles. The first-order valence-corrected chi connectivity index (χ1v) is 12.1.